The lowest BCUT2D eigenvalue weighted by molar-refractivity contribution is -0.118. The highest BCUT2D eigenvalue weighted by molar-refractivity contribution is 6.33. The summed E-state index contributed by atoms with van der Waals surface area (Å²) in [5.74, 6) is -0.201. The third-order valence-electron chi connectivity index (χ3n) is 4.16. The molecule has 6 nitrogen and oxygen atoms in total. The van der Waals surface area contributed by atoms with Crippen molar-refractivity contribution in [2.24, 2.45) is 0 Å². The lowest BCUT2D eigenvalue weighted by Gasteiger charge is -2.30. The van der Waals surface area contributed by atoms with Crippen LogP contribution < -0.4 is 15.1 Å². The molecule has 0 spiro atoms. The molecule has 3 rings (SSSR count). The first-order chi connectivity index (χ1) is 12.0. The number of likely N-dealkylation sites (N-methyl/N-ethyl adjacent to an activating group) is 1. The Morgan fingerprint density at radius 3 is 2.92 bits per heavy atom. The van der Waals surface area contributed by atoms with Gasteiger partial charge in [0.25, 0.3) is 0 Å². The van der Waals surface area contributed by atoms with Crippen LogP contribution in [0.5, 0.6) is 0 Å². The first kappa shape index (κ1) is 17.2. The number of pyridine rings is 1. The number of aromatic nitrogens is 1. The van der Waals surface area contributed by atoms with Crippen molar-refractivity contribution in [2.75, 3.05) is 28.7 Å². The maximum Gasteiger partial charge on any atom is 0.246 e. The monoisotopic (exact) mass is 358 g/mol. The lowest BCUT2D eigenvalue weighted by atomic mass is 10.1. The Hall–Kier alpha value is -2.60. The number of para-hydroxylation sites is 2. The lowest BCUT2D eigenvalue weighted by Crippen LogP contribution is -2.44. The molecule has 130 valence electrons. The number of carbonyl (C=O) groups is 2. The Balaban J connectivity index is 1.88. The van der Waals surface area contributed by atoms with E-state index in [1.165, 1.54) is 0 Å². The Kier molecular flexibility index (Phi) is 4.90. The number of carbonyl (C=O) groups excluding carboxylic acids is 2. The summed E-state index contributed by atoms with van der Waals surface area (Å²) in [4.78, 5) is 32.5. The van der Waals surface area contributed by atoms with E-state index in [4.69, 9.17) is 11.6 Å². The van der Waals surface area contributed by atoms with Crippen LogP contribution >= 0.6 is 11.6 Å². The van der Waals surface area contributed by atoms with Crippen molar-refractivity contribution in [1.82, 2.24) is 4.98 Å². The van der Waals surface area contributed by atoms with Gasteiger partial charge in [-0.1, -0.05) is 23.7 Å². The summed E-state index contributed by atoms with van der Waals surface area (Å²) < 4.78 is 0. The summed E-state index contributed by atoms with van der Waals surface area (Å²) in [5, 5.41) is 3.34. The fourth-order valence-corrected chi connectivity index (χ4v) is 3.27. The molecule has 1 aliphatic rings. The Bertz CT molecular complexity index is 811. The third kappa shape index (κ3) is 3.58. The smallest absolute Gasteiger partial charge is 0.246 e. The zero-order valence-electron chi connectivity index (χ0n) is 14.1. The van der Waals surface area contributed by atoms with Crippen LogP contribution in [0.1, 0.15) is 13.3 Å². The van der Waals surface area contributed by atoms with Crippen LogP contribution in [0.25, 0.3) is 0 Å². The summed E-state index contributed by atoms with van der Waals surface area (Å²) in [5.41, 5.74) is 2.09. The molecule has 2 aromatic rings. The minimum absolute atomic E-state index is 0.0965. The number of nitrogens with one attached hydrogen (secondary N) is 1. The van der Waals surface area contributed by atoms with Gasteiger partial charge in [0.05, 0.1) is 28.6 Å². The number of fused-ring (bicyclic) bond motifs is 1. The second-order valence-corrected chi connectivity index (χ2v) is 6.47. The van der Waals surface area contributed by atoms with E-state index in [1.54, 1.807) is 41.4 Å². The van der Waals surface area contributed by atoms with E-state index in [0.717, 1.165) is 5.69 Å². The Morgan fingerprint density at radius 2 is 2.16 bits per heavy atom. The summed E-state index contributed by atoms with van der Waals surface area (Å²) in [6.45, 7) is 2.01. The third-order valence-corrected chi connectivity index (χ3v) is 4.45. The van der Waals surface area contributed by atoms with Gasteiger partial charge in [0.15, 0.2) is 0 Å². The van der Waals surface area contributed by atoms with E-state index in [9.17, 15) is 9.59 Å². The molecule has 1 aromatic carbocycles. The summed E-state index contributed by atoms with van der Waals surface area (Å²) in [6, 6.07) is 8.86. The van der Waals surface area contributed by atoms with Crippen LogP contribution in [-0.2, 0) is 9.59 Å². The molecular weight excluding hydrogens is 340 g/mol. The number of rotatable bonds is 3. The van der Waals surface area contributed by atoms with Gasteiger partial charge in [-0.2, -0.15) is 0 Å². The Labute approximate surface area is 151 Å². The van der Waals surface area contributed by atoms with E-state index in [-0.39, 0.29) is 30.8 Å². The minimum atomic E-state index is -0.238. The SMILES string of the molecule is CC1CC(=O)Nc2ccccc2N1C(=O)CN(C)c1ccncc1Cl. The first-order valence-electron chi connectivity index (χ1n) is 7.99. The number of hydrogen-bond donors (Lipinski definition) is 1. The van der Waals surface area contributed by atoms with Gasteiger partial charge in [0.1, 0.15) is 0 Å². The van der Waals surface area contributed by atoms with Crippen LogP contribution in [-0.4, -0.2) is 36.4 Å². The van der Waals surface area contributed by atoms with Crippen molar-refractivity contribution < 1.29 is 9.59 Å². The van der Waals surface area contributed by atoms with Gasteiger partial charge in [-0.25, -0.2) is 0 Å². The van der Waals surface area contributed by atoms with Gasteiger partial charge in [-0.3, -0.25) is 14.6 Å². The highest BCUT2D eigenvalue weighted by Crippen LogP contribution is 2.32. The zero-order chi connectivity index (χ0) is 18.0. The van der Waals surface area contributed by atoms with Gasteiger partial charge < -0.3 is 15.1 Å². The molecule has 1 aliphatic heterocycles. The maximum absolute atomic E-state index is 13.0. The summed E-state index contributed by atoms with van der Waals surface area (Å²) in [7, 11) is 1.80. The molecule has 1 aromatic heterocycles. The molecule has 0 aliphatic carbocycles. The van der Waals surface area contributed by atoms with E-state index < -0.39 is 0 Å². The van der Waals surface area contributed by atoms with E-state index in [0.29, 0.717) is 16.4 Å². The van der Waals surface area contributed by atoms with Crippen molar-refractivity contribution >= 4 is 40.5 Å². The molecule has 1 unspecified atom stereocenters. The van der Waals surface area contributed by atoms with Crippen LogP contribution in [0.15, 0.2) is 42.7 Å². The molecule has 0 saturated carbocycles. The van der Waals surface area contributed by atoms with Crippen molar-refractivity contribution in [1.29, 1.82) is 0 Å². The standard InChI is InChI=1S/C18H19ClN4O2/c1-12-9-17(24)21-14-5-3-4-6-16(14)23(12)18(25)11-22(2)15-7-8-20-10-13(15)19/h3-8,10,12H,9,11H2,1-2H3,(H,21,24). The van der Waals surface area contributed by atoms with E-state index in [1.807, 2.05) is 25.1 Å². The molecular formula is C18H19ClN4O2. The van der Waals surface area contributed by atoms with Gasteiger partial charge in [-0.15, -0.1) is 0 Å². The molecule has 2 heterocycles. The normalized spacial score (nSPS) is 16.7. The average molecular weight is 359 g/mol. The second-order valence-electron chi connectivity index (χ2n) is 6.07. The fourth-order valence-electron chi connectivity index (χ4n) is 3.01. The van der Waals surface area contributed by atoms with Crippen molar-refractivity contribution in [2.45, 2.75) is 19.4 Å². The topological polar surface area (TPSA) is 65.5 Å². The van der Waals surface area contributed by atoms with Gasteiger partial charge in [0.2, 0.25) is 11.8 Å². The molecule has 0 saturated heterocycles. The van der Waals surface area contributed by atoms with E-state index in [2.05, 4.69) is 10.3 Å². The second kappa shape index (κ2) is 7.11. The number of halogens is 1. The highest BCUT2D eigenvalue weighted by Gasteiger charge is 2.30. The van der Waals surface area contributed by atoms with Crippen LogP contribution in [0.2, 0.25) is 5.02 Å². The van der Waals surface area contributed by atoms with Gasteiger partial charge in [0, 0.05) is 31.9 Å². The molecule has 0 radical (unpaired) electrons. The van der Waals surface area contributed by atoms with Crippen molar-refractivity contribution in [3.63, 3.8) is 0 Å². The first-order valence-corrected chi connectivity index (χ1v) is 8.36. The predicted octanol–water partition coefficient (Wildman–Crippen LogP) is 2.94. The van der Waals surface area contributed by atoms with Crippen LogP contribution in [0.4, 0.5) is 17.1 Å². The molecule has 0 fully saturated rings. The van der Waals surface area contributed by atoms with Crippen molar-refractivity contribution in [3.05, 3.63) is 47.7 Å². The number of amides is 2. The molecule has 25 heavy (non-hydrogen) atoms. The fraction of sp³-hybridized carbons (Fsp3) is 0.278. The number of hydrogen-bond acceptors (Lipinski definition) is 4. The molecule has 7 heteroatoms. The quantitative estimate of drug-likeness (QED) is 0.916. The van der Waals surface area contributed by atoms with E-state index >= 15 is 0 Å². The molecule has 0 bridgehead atoms. The molecule has 1 atom stereocenters. The average Bonchev–Trinajstić information content (AvgIpc) is 2.69. The summed E-state index contributed by atoms with van der Waals surface area (Å²) in [6.07, 6.45) is 3.43. The maximum atomic E-state index is 13.0. The van der Waals surface area contributed by atoms with Crippen LogP contribution in [0, 0.1) is 0 Å². The highest BCUT2D eigenvalue weighted by atomic mass is 35.5. The molecule has 1 N–H and O–H groups in total. The minimum Gasteiger partial charge on any atom is -0.364 e. The number of nitrogens with zero attached hydrogens (tertiary/aromatic N) is 3. The number of benzene rings is 1. The van der Waals surface area contributed by atoms with Gasteiger partial charge in [-0.05, 0) is 25.1 Å². The molecule has 2 amide bonds. The predicted molar refractivity (Wildman–Crippen MR) is 99.2 cm³/mol. The Morgan fingerprint density at radius 1 is 1.40 bits per heavy atom. The summed E-state index contributed by atoms with van der Waals surface area (Å²) >= 11 is 6.16. The van der Waals surface area contributed by atoms with Gasteiger partial charge >= 0.3 is 0 Å². The largest absolute Gasteiger partial charge is 0.364 e. The number of anilines is 3. The van der Waals surface area contributed by atoms with Crippen molar-refractivity contribution in [3.8, 4) is 0 Å². The van der Waals surface area contributed by atoms with Crippen LogP contribution in [0.3, 0.4) is 0 Å². The zero-order valence-corrected chi connectivity index (χ0v) is 14.8.